The van der Waals surface area contributed by atoms with E-state index in [1.807, 2.05) is 31.7 Å². The Kier molecular flexibility index (Phi) is 3.63. The Morgan fingerprint density at radius 2 is 2.09 bits per heavy atom. The summed E-state index contributed by atoms with van der Waals surface area (Å²) in [5.41, 5.74) is -0.286. The maximum Gasteiger partial charge on any atom is 0.410 e. The first-order valence-corrected chi connectivity index (χ1v) is 7.81. The van der Waals surface area contributed by atoms with Crippen LogP contribution in [-0.4, -0.2) is 51.7 Å². The molecule has 2 fully saturated rings. The van der Waals surface area contributed by atoms with Crippen LogP contribution in [0.3, 0.4) is 0 Å². The molecule has 122 valence electrons. The van der Waals surface area contributed by atoms with Crippen molar-refractivity contribution in [3.8, 4) is 6.07 Å². The lowest BCUT2D eigenvalue weighted by Gasteiger charge is -2.42. The smallest absolute Gasteiger partial charge is 0.410 e. The maximum absolute atomic E-state index is 12.4. The number of anilines is 1. The van der Waals surface area contributed by atoms with Crippen LogP contribution in [0.25, 0.3) is 0 Å². The average molecular weight is 315 g/mol. The number of carbonyl (C=O) groups is 1. The zero-order valence-corrected chi connectivity index (χ0v) is 13.7. The summed E-state index contributed by atoms with van der Waals surface area (Å²) in [6, 6.07) is 3.73. The van der Waals surface area contributed by atoms with Gasteiger partial charge in [0.05, 0.1) is 5.54 Å². The lowest BCUT2D eigenvalue weighted by atomic mass is 10.1. The largest absolute Gasteiger partial charge is 0.444 e. The van der Waals surface area contributed by atoms with E-state index in [9.17, 15) is 4.79 Å². The topological polar surface area (TPSA) is 82.4 Å². The summed E-state index contributed by atoms with van der Waals surface area (Å²) in [4.78, 5) is 24.6. The quantitative estimate of drug-likeness (QED) is 0.787. The van der Waals surface area contributed by atoms with Crippen molar-refractivity contribution in [2.45, 2.75) is 44.8 Å². The highest BCUT2D eigenvalue weighted by Crippen LogP contribution is 2.45. The number of ether oxygens (including phenoxy) is 1. The van der Waals surface area contributed by atoms with Gasteiger partial charge in [0.25, 0.3) is 0 Å². The molecule has 1 aliphatic heterocycles. The fraction of sp³-hybridized carbons (Fsp3) is 0.625. The van der Waals surface area contributed by atoms with Crippen LogP contribution in [-0.2, 0) is 4.74 Å². The number of carbonyl (C=O) groups excluding carboxylic acids is 1. The van der Waals surface area contributed by atoms with E-state index in [1.165, 1.54) is 6.33 Å². The minimum atomic E-state index is -0.487. The maximum atomic E-state index is 12.4. The van der Waals surface area contributed by atoms with Crippen molar-refractivity contribution in [2.24, 2.45) is 0 Å². The minimum Gasteiger partial charge on any atom is -0.444 e. The molecule has 2 aliphatic rings. The Bertz CT molecular complexity index is 657. The second-order valence-corrected chi connectivity index (χ2v) is 7.15. The second-order valence-electron chi connectivity index (χ2n) is 7.15. The van der Waals surface area contributed by atoms with Crippen molar-refractivity contribution in [1.29, 1.82) is 5.26 Å². The van der Waals surface area contributed by atoms with Crippen molar-refractivity contribution in [1.82, 2.24) is 14.9 Å². The molecule has 7 heteroatoms. The van der Waals surface area contributed by atoms with E-state index in [1.54, 1.807) is 6.07 Å². The zero-order chi connectivity index (χ0) is 16.7. The molecule has 0 bridgehead atoms. The molecule has 0 radical (unpaired) electrons. The Labute approximate surface area is 135 Å². The van der Waals surface area contributed by atoms with Gasteiger partial charge in [-0.15, -0.1) is 0 Å². The van der Waals surface area contributed by atoms with Crippen molar-refractivity contribution >= 4 is 11.9 Å². The van der Waals surface area contributed by atoms with Gasteiger partial charge in [-0.25, -0.2) is 14.8 Å². The average Bonchev–Trinajstić information content (AvgIpc) is 3.25. The molecule has 1 aliphatic carbocycles. The SMILES string of the molecule is CC(C)(C)OC(=O)N1CCN(c2cc(C#N)ncn2)CC12CC2. The van der Waals surface area contributed by atoms with Crippen LogP contribution in [0.15, 0.2) is 12.4 Å². The minimum absolute atomic E-state index is 0.154. The molecule has 0 atom stereocenters. The number of hydrogen-bond acceptors (Lipinski definition) is 6. The summed E-state index contributed by atoms with van der Waals surface area (Å²) in [6.07, 6.45) is 3.11. The molecule has 7 nitrogen and oxygen atoms in total. The highest BCUT2D eigenvalue weighted by molar-refractivity contribution is 5.71. The molecule has 2 heterocycles. The molecular formula is C16H21N5O2. The third-order valence-corrected chi connectivity index (χ3v) is 4.18. The summed E-state index contributed by atoms with van der Waals surface area (Å²) in [6.45, 7) is 7.62. The molecule has 3 rings (SSSR count). The van der Waals surface area contributed by atoms with Crippen LogP contribution in [0, 0.1) is 11.3 Å². The van der Waals surface area contributed by atoms with Gasteiger partial charge in [-0.05, 0) is 33.6 Å². The Balaban J connectivity index is 1.73. The van der Waals surface area contributed by atoms with Gasteiger partial charge < -0.3 is 9.64 Å². The van der Waals surface area contributed by atoms with Crippen molar-refractivity contribution in [3.05, 3.63) is 18.1 Å². The van der Waals surface area contributed by atoms with Gasteiger partial charge in [0, 0.05) is 25.7 Å². The molecular weight excluding hydrogens is 294 g/mol. The molecule has 1 aromatic heterocycles. The summed E-state index contributed by atoms with van der Waals surface area (Å²) in [5.74, 6) is 0.742. The summed E-state index contributed by atoms with van der Waals surface area (Å²) in [7, 11) is 0. The lowest BCUT2D eigenvalue weighted by Crippen LogP contribution is -2.58. The number of amides is 1. The predicted octanol–water partition coefficient (Wildman–Crippen LogP) is 1.94. The van der Waals surface area contributed by atoms with E-state index in [0.717, 1.165) is 18.7 Å². The molecule has 23 heavy (non-hydrogen) atoms. The van der Waals surface area contributed by atoms with Crippen LogP contribution >= 0.6 is 0 Å². The Morgan fingerprint density at radius 1 is 1.35 bits per heavy atom. The van der Waals surface area contributed by atoms with E-state index in [-0.39, 0.29) is 11.6 Å². The number of nitriles is 1. The van der Waals surface area contributed by atoms with E-state index < -0.39 is 5.60 Å². The van der Waals surface area contributed by atoms with Crippen LogP contribution in [0.5, 0.6) is 0 Å². The molecule has 1 spiro atoms. The predicted molar refractivity (Wildman–Crippen MR) is 83.9 cm³/mol. The first kappa shape index (κ1) is 15.5. The molecule has 1 aromatic rings. The molecule has 1 amide bonds. The van der Waals surface area contributed by atoms with Gasteiger partial charge >= 0.3 is 6.09 Å². The van der Waals surface area contributed by atoms with Gasteiger partial charge in [0.15, 0.2) is 0 Å². The Morgan fingerprint density at radius 3 is 2.70 bits per heavy atom. The lowest BCUT2D eigenvalue weighted by molar-refractivity contribution is 0.0106. The molecule has 1 saturated heterocycles. The highest BCUT2D eigenvalue weighted by Gasteiger charge is 2.54. The zero-order valence-electron chi connectivity index (χ0n) is 13.7. The molecule has 0 unspecified atom stereocenters. The van der Waals surface area contributed by atoms with Gasteiger partial charge in [-0.1, -0.05) is 0 Å². The number of aromatic nitrogens is 2. The van der Waals surface area contributed by atoms with E-state index in [4.69, 9.17) is 10.00 Å². The fourth-order valence-electron chi connectivity index (χ4n) is 2.93. The van der Waals surface area contributed by atoms with Crippen molar-refractivity contribution in [3.63, 3.8) is 0 Å². The first-order chi connectivity index (χ1) is 10.8. The van der Waals surface area contributed by atoms with Crippen LogP contribution in [0.1, 0.15) is 39.3 Å². The van der Waals surface area contributed by atoms with Crippen LogP contribution < -0.4 is 4.90 Å². The summed E-state index contributed by atoms with van der Waals surface area (Å²) >= 11 is 0. The molecule has 1 saturated carbocycles. The number of piperazine rings is 1. The van der Waals surface area contributed by atoms with Crippen molar-refractivity contribution < 1.29 is 9.53 Å². The van der Waals surface area contributed by atoms with Gasteiger partial charge in [0.2, 0.25) is 0 Å². The highest BCUT2D eigenvalue weighted by atomic mass is 16.6. The van der Waals surface area contributed by atoms with Crippen LogP contribution in [0.4, 0.5) is 10.6 Å². The number of hydrogen-bond donors (Lipinski definition) is 0. The van der Waals surface area contributed by atoms with E-state index >= 15 is 0 Å². The van der Waals surface area contributed by atoms with Gasteiger partial charge in [0.1, 0.15) is 29.5 Å². The summed E-state index contributed by atoms with van der Waals surface area (Å²) in [5, 5.41) is 8.97. The second kappa shape index (κ2) is 5.37. The standard InChI is InChI=1S/C16H21N5O2/c1-15(2,3)23-14(22)21-7-6-20(10-16(21)4-5-16)13-8-12(9-17)18-11-19-13/h8,11H,4-7,10H2,1-3H3. The molecule has 0 aromatic carbocycles. The monoisotopic (exact) mass is 315 g/mol. The van der Waals surface area contributed by atoms with E-state index in [2.05, 4.69) is 14.9 Å². The normalized spacial score (nSPS) is 19.4. The van der Waals surface area contributed by atoms with Gasteiger partial charge in [-0.2, -0.15) is 5.26 Å². The first-order valence-electron chi connectivity index (χ1n) is 7.81. The summed E-state index contributed by atoms with van der Waals surface area (Å²) < 4.78 is 5.53. The third kappa shape index (κ3) is 3.21. The molecule has 0 N–H and O–H groups in total. The van der Waals surface area contributed by atoms with E-state index in [0.29, 0.717) is 25.3 Å². The van der Waals surface area contributed by atoms with Crippen LogP contribution in [0.2, 0.25) is 0 Å². The number of nitrogens with zero attached hydrogens (tertiary/aromatic N) is 5. The number of rotatable bonds is 1. The Hall–Kier alpha value is -2.36. The third-order valence-electron chi connectivity index (χ3n) is 4.18. The fourth-order valence-corrected chi connectivity index (χ4v) is 2.93. The van der Waals surface area contributed by atoms with Gasteiger partial charge in [-0.3, -0.25) is 4.90 Å². The van der Waals surface area contributed by atoms with Crippen molar-refractivity contribution in [2.75, 3.05) is 24.5 Å².